The van der Waals surface area contributed by atoms with Crippen LogP contribution in [0.3, 0.4) is 0 Å². The zero-order valence-corrected chi connectivity index (χ0v) is 15.6. The summed E-state index contributed by atoms with van der Waals surface area (Å²) in [6, 6.07) is 6.10. The van der Waals surface area contributed by atoms with Gasteiger partial charge in [0.15, 0.2) is 0 Å². The topological polar surface area (TPSA) is 65.6 Å². The number of nitrogens with one attached hydrogen (secondary N) is 3. The third-order valence-corrected chi connectivity index (χ3v) is 5.87. The number of carbonyl (C=O) groups is 1. The highest BCUT2D eigenvalue weighted by Gasteiger charge is 2.31. The molecule has 3 aliphatic heterocycles. The van der Waals surface area contributed by atoms with E-state index >= 15 is 0 Å². The summed E-state index contributed by atoms with van der Waals surface area (Å²) in [6.07, 6.45) is 3.03. The van der Waals surface area contributed by atoms with Gasteiger partial charge in [0.2, 0.25) is 5.91 Å². The fraction of sp³-hybridized carbons (Fsp3) is 0.650. The third-order valence-electron chi connectivity index (χ3n) is 5.87. The van der Waals surface area contributed by atoms with E-state index in [4.69, 9.17) is 4.74 Å². The van der Waals surface area contributed by atoms with Gasteiger partial charge in [-0.25, -0.2) is 0 Å². The molecule has 4 rings (SSSR count). The molecule has 0 saturated carbocycles. The number of hydrogen-bond donors (Lipinski definition) is 3. The highest BCUT2D eigenvalue weighted by molar-refractivity contribution is 5.88. The van der Waals surface area contributed by atoms with Gasteiger partial charge in [-0.1, -0.05) is 18.2 Å². The molecule has 3 atom stereocenters. The molecule has 1 amide bonds. The number of amides is 1. The molecular weight excluding hydrogens is 328 g/mol. The summed E-state index contributed by atoms with van der Waals surface area (Å²) in [7, 11) is 0. The molecule has 0 spiro atoms. The van der Waals surface area contributed by atoms with E-state index in [0.717, 1.165) is 57.9 Å². The Balaban J connectivity index is 1.28. The maximum absolute atomic E-state index is 12.7. The second-order valence-electron chi connectivity index (χ2n) is 7.83. The van der Waals surface area contributed by atoms with Crippen LogP contribution in [0.2, 0.25) is 0 Å². The van der Waals surface area contributed by atoms with Gasteiger partial charge in [-0.05, 0) is 43.4 Å². The number of para-hydroxylation sites is 1. The zero-order valence-electron chi connectivity index (χ0n) is 15.6. The van der Waals surface area contributed by atoms with Gasteiger partial charge in [-0.2, -0.15) is 0 Å². The van der Waals surface area contributed by atoms with Crippen molar-refractivity contribution >= 4 is 11.6 Å². The van der Waals surface area contributed by atoms with Crippen molar-refractivity contribution < 1.29 is 9.53 Å². The molecule has 3 heterocycles. The second kappa shape index (κ2) is 7.94. The van der Waals surface area contributed by atoms with Crippen molar-refractivity contribution in [3.63, 3.8) is 0 Å². The van der Waals surface area contributed by atoms with E-state index in [-0.39, 0.29) is 18.1 Å². The standard InChI is InChI=1S/C20H30N4O2/c1-14-3-2-4-16-12-17(22-19(14)16)20(25)23-18-11-15(5-6-21-18)13-24-7-9-26-10-8-24/h2-4,15,17-18,21-22H,5-13H2,1H3,(H,23,25). The number of aryl methyl sites for hydroxylation is 1. The summed E-state index contributed by atoms with van der Waals surface area (Å²) in [4.78, 5) is 15.2. The number of anilines is 1. The average Bonchev–Trinajstić information content (AvgIpc) is 3.09. The molecule has 26 heavy (non-hydrogen) atoms. The van der Waals surface area contributed by atoms with Crippen molar-refractivity contribution in [2.45, 2.75) is 38.4 Å². The number of hydrogen-bond acceptors (Lipinski definition) is 5. The molecule has 0 aliphatic carbocycles. The number of fused-ring (bicyclic) bond motifs is 1. The first-order valence-electron chi connectivity index (χ1n) is 9.88. The summed E-state index contributed by atoms with van der Waals surface area (Å²) in [5.74, 6) is 0.737. The van der Waals surface area contributed by atoms with Crippen LogP contribution < -0.4 is 16.0 Å². The Morgan fingerprint density at radius 2 is 2.19 bits per heavy atom. The molecule has 6 nitrogen and oxygen atoms in total. The smallest absolute Gasteiger partial charge is 0.244 e. The lowest BCUT2D eigenvalue weighted by Crippen LogP contribution is -2.54. The molecule has 2 fully saturated rings. The van der Waals surface area contributed by atoms with Crippen molar-refractivity contribution in [3.05, 3.63) is 29.3 Å². The maximum atomic E-state index is 12.7. The van der Waals surface area contributed by atoms with Gasteiger partial charge < -0.3 is 15.4 Å². The molecule has 0 radical (unpaired) electrons. The SMILES string of the molecule is Cc1cccc2c1NC(C(=O)NC1CC(CN3CCOCC3)CCN1)C2. The minimum absolute atomic E-state index is 0.0777. The lowest BCUT2D eigenvalue weighted by Gasteiger charge is -2.36. The summed E-state index contributed by atoms with van der Waals surface area (Å²) in [5.41, 5.74) is 3.58. The Bertz CT molecular complexity index is 645. The van der Waals surface area contributed by atoms with Crippen molar-refractivity contribution in [1.29, 1.82) is 0 Å². The van der Waals surface area contributed by atoms with Crippen LogP contribution in [0.4, 0.5) is 5.69 Å². The number of morpholine rings is 1. The fourth-order valence-corrected chi connectivity index (χ4v) is 4.40. The van der Waals surface area contributed by atoms with E-state index in [9.17, 15) is 4.79 Å². The highest BCUT2D eigenvalue weighted by Crippen LogP contribution is 2.29. The minimum atomic E-state index is -0.160. The van der Waals surface area contributed by atoms with E-state index in [0.29, 0.717) is 5.92 Å². The monoisotopic (exact) mass is 358 g/mol. The Morgan fingerprint density at radius 3 is 3.00 bits per heavy atom. The molecule has 3 unspecified atom stereocenters. The third kappa shape index (κ3) is 4.03. The Kier molecular flexibility index (Phi) is 5.43. The Labute approximate surface area is 155 Å². The highest BCUT2D eigenvalue weighted by atomic mass is 16.5. The molecule has 142 valence electrons. The van der Waals surface area contributed by atoms with Crippen LogP contribution in [-0.2, 0) is 16.0 Å². The zero-order chi connectivity index (χ0) is 17.9. The quantitative estimate of drug-likeness (QED) is 0.752. The van der Waals surface area contributed by atoms with Crippen LogP contribution in [-0.4, -0.2) is 62.4 Å². The van der Waals surface area contributed by atoms with Crippen molar-refractivity contribution in [2.75, 3.05) is 44.7 Å². The first-order valence-corrected chi connectivity index (χ1v) is 9.88. The van der Waals surface area contributed by atoms with Gasteiger partial charge in [-0.15, -0.1) is 0 Å². The number of benzene rings is 1. The van der Waals surface area contributed by atoms with Crippen LogP contribution in [0.25, 0.3) is 0 Å². The van der Waals surface area contributed by atoms with Gasteiger partial charge in [0.05, 0.1) is 19.4 Å². The molecule has 1 aromatic carbocycles. The van der Waals surface area contributed by atoms with E-state index in [2.05, 4.69) is 46.0 Å². The predicted molar refractivity (Wildman–Crippen MR) is 102 cm³/mol. The van der Waals surface area contributed by atoms with Gasteiger partial charge in [0, 0.05) is 31.7 Å². The first kappa shape index (κ1) is 17.8. The van der Waals surface area contributed by atoms with Crippen molar-refractivity contribution in [1.82, 2.24) is 15.5 Å². The molecule has 2 saturated heterocycles. The summed E-state index contributed by atoms with van der Waals surface area (Å²) < 4.78 is 5.44. The lowest BCUT2D eigenvalue weighted by atomic mass is 9.94. The molecule has 0 bridgehead atoms. The number of carbonyl (C=O) groups excluding carboxylic acids is 1. The van der Waals surface area contributed by atoms with Gasteiger partial charge in [-0.3, -0.25) is 15.0 Å². The van der Waals surface area contributed by atoms with Crippen LogP contribution in [0, 0.1) is 12.8 Å². The second-order valence-corrected chi connectivity index (χ2v) is 7.83. The summed E-state index contributed by atoms with van der Waals surface area (Å²) >= 11 is 0. The molecule has 3 aliphatic rings. The van der Waals surface area contributed by atoms with E-state index in [1.165, 1.54) is 17.5 Å². The number of rotatable bonds is 4. The lowest BCUT2D eigenvalue weighted by molar-refractivity contribution is -0.122. The number of nitrogens with zero attached hydrogens (tertiary/aromatic N) is 1. The van der Waals surface area contributed by atoms with Gasteiger partial charge in [0.25, 0.3) is 0 Å². The molecule has 0 aromatic heterocycles. The average molecular weight is 358 g/mol. The number of ether oxygens (including phenoxy) is 1. The normalized spacial score (nSPS) is 29.0. The van der Waals surface area contributed by atoms with Crippen LogP contribution in [0.5, 0.6) is 0 Å². The molecule has 6 heteroatoms. The fourth-order valence-electron chi connectivity index (χ4n) is 4.40. The van der Waals surface area contributed by atoms with Crippen LogP contribution in [0.1, 0.15) is 24.0 Å². The predicted octanol–water partition coefficient (Wildman–Crippen LogP) is 1.11. The maximum Gasteiger partial charge on any atom is 0.244 e. The van der Waals surface area contributed by atoms with Crippen LogP contribution in [0.15, 0.2) is 18.2 Å². The van der Waals surface area contributed by atoms with E-state index < -0.39 is 0 Å². The first-order chi connectivity index (χ1) is 12.7. The van der Waals surface area contributed by atoms with Crippen LogP contribution >= 0.6 is 0 Å². The summed E-state index contributed by atoms with van der Waals surface area (Å²) in [5, 5.41) is 10.1. The molecule has 1 aromatic rings. The van der Waals surface area contributed by atoms with Gasteiger partial charge in [0.1, 0.15) is 6.04 Å². The van der Waals surface area contributed by atoms with E-state index in [1.807, 2.05) is 0 Å². The molecule has 3 N–H and O–H groups in total. The Morgan fingerprint density at radius 1 is 1.35 bits per heavy atom. The largest absolute Gasteiger partial charge is 0.379 e. The minimum Gasteiger partial charge on any atom is -0.379 e. The number of piperidine rings is 1. The van der Waals surface area contributed by atoms with Crippen molar-refractivity contribution in [2.24, 2.45) is 5.92 Å². The van der Waals surface area contributed by atoms with Crippen molar-refractivity contribution in [3.8, 4) is 0 Å². The Hall–Kier alpha value is -1.63. The summed E-state index contributed by atoms with van der Waals surface area (Å²) in [6.45, 7) is 7.93. The molecular formula is C20H30N4O2. The van der Waals surface area contributed by atoms with E-state index in [1.54, 1.807) is 0 Å². The van der Waals surface area contributed by atoms with Gasteiger partial charge >= 0.3 is 0 Å².